The standard InChI is InChI=1S/C10H9NO2S/c12-14(13)9-5-4-8-3-1-2-6-11-10(8)7-9/h1-7,11H,(H,12,13). The molecule has 0 spiro atoms. The number of anilines is 1. The predicted molar refractivity (Wildman–Crippen MR) is 57.3 cm³/mol. The third-order valence-electron chi connectivity index (χ3n) is 1.95. The lowest BCUT2D eigenvalue weighted by molar-refractivity contribution is 0.564. The van der Waals surface area contributed by atoms with Gasteiger partial charge in [-0.3, -0.25) is 0 Å². The molecule has 4 heteroatoms. The van der Waals surface area contributed by atoms with Crippen LogP contribution in [0.15, 0.2) is 41.4 Å². The Morgan fingerprint density at radius 2 is 2.14 bits per heavy atom. The van der Waals surface area contributed by atoms with Gasteiger partial charge in [0.25, 0.3) is 0 Å². The van der Waals surface area contributed by atoms with Crippen molar-refractivity contribution in [2.24, 2.45) is 0 Å². The Morgan fingerprint density at radius 3 is 2.93 bits per heavy atom. The lowest BCUT2D eigenvalue weighted by Crippen LogP contribution is -1.93. The first kappa shape index (κ1) is 9.18. The summed E-state index contributed by atoms with van der Waals surface area (Å²) >= 11 is -1.92. The van der Waals surface area contributed by atoms with Crippen molar-refractivity contribution in [1.82, 2.24) is 0 Å². The van der Waals surface area contributed by atoms with E-state index in [0.717, 1.165) is 11.3 Å². The van der Waals surface area contributed by atoms with E-state index < -0.39 is 11.1 Å². The SMILES string of the molecule is O=S(O)c1ccc2c(c1)NC=CC=C2. The summed E-state index contributed by atoms with van der Waals surface area (Å²) in [6.45, 7) is 0. The van der Waals surface area contributed by atoms with Gasteiger partial charge in [0.2, 0.25) is 0 Å². The highest BCUT2D eigenvalue weighted by molar-refractivity contribution is 7.79. The molecule has 0 radical (unpaired) electrons. The molecule has 1 heterocycles. The summed E-state index contributed by atoms with van der Waals surface area (Å²) in [7, 11) is 0. The van der Waals surface area contributed by atoms with E-state index >= 15 is 0 Å². The van der Waals surface area contributed by atoms with Crippen molar-refractivity contribution < 1.29 is 8.76 Å². The molecule has 1 aromatic rings. The summed E-state index contributed by atoms with van der Waals surface area (Å²) in [6, 6.07) is 5.13. The zero-order valence-corrected chi connectivity index (χ0v) is 8.12. The molecule has 1 aliphatic rings. The zero-order chi connectivity index (χ0) is 9.97. The molecule has 1 unspecified atom stereocenters. The monoisotopic (exact) mass is 207 g/mol. The van der Waals surface area contributed by atoms with Crippen LogP contribution in [-0.2, 0) is 11.1 Å². The molecule has 1 atom stereocenters. The van der Waals surface area contributed by atoms with Gasteiger partial charge in [0.15, 0.2) is 11.1 Å². The van der Waals surface area contributed by atoms with Crippen LogP contribution in [0.2, 0.25) is 0 Å². The van der Waals surface area contributed by atoms with Crippen LogP contribution in [0.25, 0.3) is 6.08 Å². The fourth-order valence-corrected chi connectivity index (χ4v) is 1.67. The quantitative estimate of drug-likeness (QED) is 0.694. The van der Waals surface area contributed by atoms with Gasteiger partial charge in [-0.05, 0) is 23.8 Å². The van der Waals surface area contributed by atoms with Crippen molar-refractivity contribution in [3.05, 3.63) is 42.1 Å². The molecular weight excluding hydrogens is 198 g/mol. The van der Waals surface area contributed by atoms with Gasteiger partial charge < -0.3 is 9.87 Å². The fraction of sp³-hybridized carbons (Fsp3) is 0. The number of hydrogen-bond acceptors (Lipinski definition) is 2. The van der Waals surface area contributed by atoms with E-state index in [0.29, 0.717) is 4.90 Å². The molecule has 1 aromatic carbocycles. The van der Waals surface area contributed by atoms with Gasteiger partial charge in [-0.15, -0.1) is 0 Å². The van der Waals surface area contributed by atoms with Crippen molar-refractivity contribution in [1.29, 1.82) is 0 Å². The van der Waals surface area contributed by atoms with Crippen LogP contribution in [-0.4, -0.2) is 8.76 Å². The minimum absolute atomic E-state index is 0.403. The van der Waals surface area contributed by atoms with Gasteiger partial charge in [-0.2, -0.15) is 0 Å². The van der Waals surface area contributed by atoms with Crippen LogP contribution in [0.5, 0.6) is 0 Å². The maximum absolute atomic E-state index is 10.8. The van der Waals surface area contributed by atoms with Crippen LogP contribution < -0.4 is 5.32 Å². The molecule has 0 aromatic heterocycles. The predicted octanol–water partition coefficient (Wildman–Crippen LogP) is 2.22. The normalized spacial score (nSPS) is 15.5. The van der Waals surface area contributed by atoms with Crippen molar-refractivity contribution in [2.45, 2.75) is 4.90 Å². The first-order valence-corrected chi connectivity index (χ1v) is 5.23. The maximum Gasteiger partial charge on any atom is 0.186 e. The molecule has 0 aliphatic carbocycles. The number of rotatable bonds is 1. The Kier molecular flexibility index (Phi) is 2.47. The molecule has 72 valence electrons. The molecular formula is C10H9NO2S. The summed E-state index contributed by atoms with van der Waals surface area (Å²) in [5, 5.41) is 3.03. The van der Waals surface area contributed by atoms with Gasteiger partial charge in [0, 0.05) is 11.9 Å². The first-order valence-electron chi connectivity index (χ1n) is 4.12. The van der Waals surface area contributed by atoms with E-state index in [2.05, 4.69) is 5.32 Å². The molecule has 0 saturated carbocycles. The van der Waals surface area contributed by atoms with Crippen LogP contribution >= 0.6 is 0 Å². The Hall–Kier alpha value is -1.39. The lowest BCUT2D eigenvalue weighted by Gasteiger charge is -2.05. The Balaban J connectivity index is 2.49. The average molecular weight is 207 g/mol. The van der Waals surface area contributed by atoms with Crippen LogP contribution in [0.1, 0.15) is 5.56 Å². The summed E-state index contributed by atoms with van der Waals surface area (Å²) in [4.78, 5) is 0.403. The van der Waals surface area contributed by atoms with Gasteiger partial charge >= 0.3 is 0 Å². The number of hydrogen-bond donors (Lipinski definition) is 2. The molecule has 14 heavy (non-hydrogen) atoms. The van der Waals surface area contributed by atoms with Gasteiger partial charge in [0.05, 0.1) is 4.90 Å². The summed E-state index contributed by atoms with van der Waals surface area (Å²) in [6.07, 6.45) is 7.51. The van der Waals surface area contributed by atoms with Crippen LogP contribution in [0.4, 0.5) is 5.69 Å². The van der Waals surface area contributed by atoms with E-state index in [1.807, 2.05) is 24.3 Å². The van der Waals surface area contributed by atoms with E-state index in [9.17, 15) is 4.21 Å². The molecule has 0 amide bonds. The number of benzene rings is 1. The minimum Gasteiger partial charge on any atom is -0.361 e. The highest BCUT2D eigenvalue weighted by Gasteiger charge is 2.05. The third kappa shape index (κ3) is 1.76. The zero-order valence-electron chi connectivity index (χ0n) is 7.31. The molecule has 2 rings (SSSR count). The molecule has 0 bridgehead atoms. The smallest absolute Gasteiger partial charge is 0.186 e. The number of nitrogens with one attached hydrogen (secondary N) is 1. The van der Waals surface area contributed by atoms with Gasteiger partial charge in [0.1, 0.15) is 0 Å². The minimum atomic E-state index is -1.92. The largest absolute Gasteiger partial charge is 0.361 e. The maximum atomic E-state index is 10.8. The van der Waals surface area contributed by atoms with Crippen molar-refractivity contribution >= 4 is 22.8 Å². The van der Waals surface area contributed by atoms with Crippen LogP contribution in [0.3, 0.4) is 0 Å². The number of fused-ring (bicyclic) bond motifs is 1. The second-order valence-electron chi connectivity index (χ2n) is 2.86. The molecule has 1 aliphatic heterocycles. The first-order chi connectivity index (χ1) is 6.77. The van der Waals surface area contributed by atoms with Crippen molar-refractivity contribution in [3.8, 4) is 0 Å². The van der Waals surface area contributed by atoms with Crippen LogP contribution in [0, 0.1) is 0 Å². The lowest BCUT2D eigenvalue weighted by atomic mass is 10.2. The topological polar surface area (TPSA) is 49.3 Å². The van der Waals surface area contributed by atoms with Gasteiger partial charge in [-0.25, -0.2) is 4.21 Å². The number of allylic oxidation sites excluding steroid dienone is 2. The Bertz CT molecular complexity index is 438. The van der Waals surface area contributed by atoms with E-state index in [4.69, 9.17) is 4.55 Å². The summed E-state index contributed by atoms with van der Waals surface area (Å²) in [5.74, 6) is 0. The second-order valence-corrected chi connectivity index (χ2v) is 3.83. The highest BCUT2D eigenvalue weighted by atomic mass is 32.2. The van der Waals surface area contributed by atoms with Crippen molar-refractivity contribution in [3.63, 3.8) is 0 Å². The van der Waals surface area contributed by atoms with E-state index in [1.54, 1.807) is 18.3 Å². The molecule has 2 N–H and O–H groups in total. The highest BCUT2D eigenvalue weighted by Crippen LogP contribution is 2.22. The Labute approximate surface area is 84.4 Å². The molecule has 3 nitrogen and oxygen atoms in total. The molecule has 0 fully saturated rings. The summed E-state index contributed by atoms with van der Waals surface area (Å²) in [5.41, 5.74) is 1.85. The second kappa shape index (κ2) is 3.77. The van der Waals surface area contributed by atoms with E-state index in [-0.39, 0.29) is 0 Å². The van der Waals surface area contributed by atoms with E-state index in [1.165, 1.54) is 0 Å². The Morgan fingerprint density at radius 1 is 1.29 bits per heavy atom. The summed E-state index contributed by atoms with van der Waals surface area (Å²) < 4.78 is 19.7. The molecule has 0 saturated heterocycles. The average Bonchev–Trinajstić information content (AvgIpc) is 2.41. The van der Waals surface area contributed by atoms with Crippen molar-refractivity contribution in [2.75, 3.05) is 5.32 Å². The van der Waals surface area contributed by atoms with Gasteiger partial charge in [-0.1, -0.05) is 18.2 Å². The third-order valence-corrected chi connectivity index (χ3v) is 2.61. The fourth-order valence-electron chi connectivity index (χ4n) is 1.27.